The van der Waals surface area contributed by atoms with Crippen LogP contribution in [0.1, 0.15) is 149 Å². The minimum Gasteiger partial charge on any atom is -0.462 e. The molecule has 0 aliphatic carbocycles. The van der Waals surface area contributed by atoms with Gasteiger partial charge in [0.2, 0.25) is 0 Å². The molecule has 0 amide bonds. The fourth-order valence-electron chi connectivity index (χ4n) is 5.13. The lowest BCUT2D eigenvalue weighted by molar-refractivity contribution is -0.161. The summed E-state index contributed by atoms with van der Waals surface area (Å²) in [4.78, 5) is 46.6. The number of aliphatic hydroxyl groups is 2. The molecule has 11 nitrogen and oxygen atoms in total. The number of unbranched alkanes of at least 4 members (excludes halogenated alkanes) is 10. The van der Waals surface area contributed by atoms with E-state index in [1.807, 2.05) is 48.6 Å². The van der Waals surface area contributed by atoms with Crippen molar-refractivity contribution in [3.05, 3.63) is 85.1 Å². The molecule has 0 aromatic carbocycles. The van der Waals surface area contributed by atoms with Crippen LogP contribution in [0, 0.1) is 0 Å². The van der Waals surface area contributed by atoms with E-state index in [0.717, 1.165) is 51.4 Å². The molecule has 0 saturated carbocycles. The van der Waals surface area contributed by atoms with Crippen molar-refractivity contribution in [2.24, 2.45) is 0 Å². The Morgan fingerprint density at radius 1 is 0.569 bits per heavy atom. The summed E-state index contributed by atoms with van der Waals surface area (Å²) < 4.78 is 32.5. The number of hydrogen-bond acceptors (Lipinski definition) is 10. The third-order valence-electron chi connectivity index (χ3n) is 8.50. The number of ketones is 1. The summed E-state index contributed by atoms with van der Waals surface area (Å²) in [6.45, 7) is 2.05. The van der Waals surface area contributed by atoms with Gasteiger partial charge in [0.05, 0.1) is 19.8 Å². The standard InChI is InChI=1S/C46H75O11P/c1-3-5-7-8-9-10-11-12-13-14-15-16-19-23-26-29-33-37-46(51)57-44(41-56-58(52,53)55-39-43(49)38-47)40-54-45(50)36-32-28-25-22-20-17-18-21-24-27-31-35-42(48)34-30-6-4-2/h12-13,15-18,22-27,31,35,43-44,47,49H,3-11,14,19-21,28-30,32-34,36-41H2,1-2H3,(H,52,53)/b13-12-,16-15-,18-17-,25-22-,26-23-,27-24-,35-31+/t43-,44+/m0/s1. The quantitative estimate of drug-likeness (QED) is 0.0135. The van der Waals surface area contributed by atoms with E-state index in [-0.39, 0.29) is 25.2 Å². The average Bonchev–Trinajstić information content (AvgIpc) is 3.20. The zero-order valence-electron chi connectivity index (χ0n) is 35.5. The first-order chi connectivity index (χ1) is 28.1. The number of phosphoric acid groups is 1. The lowest BCUT2D eigenvalue weighted by Gasteiger charge is -2.20. The lowest BCUT2D eigenvalue weighted by atomic mass is 10.1. The molecule has 0 aliphatic heterocycles. The molecule has 0 spiro atoms. The van der Waals surface area contributed by atoms with Crippen molar-refractivity contribution in [3.8, 4) is 0 Å². The second-order valence-corrected chi connectivity index (χ2v) is 15.5. The highest BCUT2D eigenvalue weighted by Gasteiger charge is 2.27. The molecule has 1 unspecified atom stereocenters. The van der Waals surface area contributed by atoms with Crippen LogP contribution >= 0.6 is 7.82 Å². The van der Waals surface area contributed by atoms with Crippen LogP contribution in [0.4, 0.5) is 0 Å². The molecule has 0 aromatic rings. The smallest absolute Gasteiger partial charge is 0.462 e. The van der Waals surface area contributed by atoms with Crippen LogP contribution in [0.15, 0.2) is 85.1 Å². The highest BCUT2D eigenvalue weighted by molar-refractivity contribution is 7.47. The first kappa shape index (κ1) is 54.8. The molecule has 0 saturated heterocycles. The van der Waals surface area contributed by atoms with Gasteiger partial charge in [-0.2, -0.15) is 0 Å². The summed E-state index contributed by atoms with van der Waals surface area (Å²) >= 11 is 0. The number of aliphatic hydroxyl groups excluding tert-OH is 2. The van der Waals surface area contributed by atoms with E-state index in [4.69, 9.17) is 19.1 Å². The van der Waals surface area contributed by atoms with Crippen LogP contribution in [0.3, 0.4) is 0 Å². The van der Waals surface area contributed by atoms with Crippen molar-refractivity contribution in [2.45, 2.75) is 161 Å². The zero-order valence-corrected chi connectivity index (χ0v) is 36.4. The highest BCUT2D eigenvalue weighted by Crippen LogP contribution is 2.43. The zero-order chi connectivity index (χ0) is 42.8. The Kier molecular flexibility index (Phi) is 38.4. The number of allylic oxidation sites excluding steroid dienone is 14. The summed E-state index contributed by atoms with van der Waals surface area (Å²) in [6.07, 6.45) is 44.0. The van der Waals surface area contributed by atoms with Crippen LogP contribution in [-0.2, 0) is 37.5 Å². The number of esters is 2. The third kappa shape index (κ3) is 39.6. The Morgan fingerprint density at radius 2 is 1.07 bits per heavy atom. The Balaban J connectivity index is 4.54. The van der Waals surface area contributed by atoms with Crippen molar-refractivity contribution < 1.29 is 52.6 Å². The van der Waals surface area contributed by atoms with Gasteiger partial charge in [0, 0.05) is 19.3 Å². The van der Waals surface area contributed by atoms with Crippen LogP contribution in [0.2, 0.25) is 0 Å². The predicted molar refractivity (Wildman–Crippen MR) is 233 cm³/mol. The first-order valence-electron chi connectivity index (χ1n) is 21.5. The number of phosphoric ester groups is 1. The van der Waals surface area contributed by atoms with Crippen LogP contribution in [-0.4, -0.2) is 71.5 Å². The van der Waals surface area contributed by atoms with E-state index in [2.05, 4.69) is 42.7 Å². The lowest BCUT2D eigenvalue weighted by Crippen LogP contribution is -2.29. The molecule has 0 fully saturated rings. The molecule has 58 heavy (non-hydrogen) atoms. The van der Waals surface area contributed by atoms with Gasteiger partial charge in [-0.1, -0.05) is 138 Å². The number of carbonyl (C=O) groups is 3. The van der Waals surface area contributed by atoms with E-state index in [1.165, 1.54) is 38.5 Å². The van der Waals surface area contributed by atoms with Crippen LogP contribution in [0.25, 0.3) is 0 Å². The van der Waals surface area contributed by atoms with E-state index in [9.17, 15) is 28.9 Å². The van der Waals surface area contributed by atoms with Gasteiger partial charge in [0.15, 0.2) is 11.9 Å². The minimum atomic E-state index is -4.66. The van der Waals surface area contributed by atoms with Gasteiger partial charge >= 0.3 is 19.8 Å². The predicted octanol–water partition coefficient (Wildman–Crippen LogP) is 10.6. The average molecular weight is 835 g/mol. The van der Waals surface area contributed by atoms with Gasteiger partial charge in [-0.3, -0.25) is 23.4 Å². The maximum Gasteiger partial charge on any atom is 0.472 e. The molecule has 0 aromatic heterocycles. The van der Waals surface area contributed by atoms with Gasteiger partial charge in [0.25, 0.3) is 0 Å². The van der Waals surface area contributed by atoms with Crippen LogP contribution < -0.4 is 0 Å². The van der Waals surface area contributed by atoms with Gasteiger partial charge in [0.1, 0.15) is 12.7 Å². The van der Waals surface area contributed by atoms with Crippen molar-refractivity contribution in [1.29, 1.82) is 0 Å². The summed E-state index contributed by atoms with van der Waals surface area (Å²) in [6, 6.07) is 0. The van der Waals surface area contributed by atoms with E-state index < -0.39 is 51.8 Å². The Labute approximate surface area is 349 Å². The number of carbonyl (C=O) groups excluding carboxylic acids is 3. The fourth-order valence-corrected chi connectivity index (χ4v) is 5.92. The Hall–Kier alpha value is -3.18. The SMILES string of the molecule is CCCCCCCC/C=C\C/C=C\C/C=C\CCCC(=O)O[C@H](COC(=O)CCC/C=C\C/C=C\C/C=C\C=C\C(=O)CCCCC)COP(=O)(O)OC[C@@H](O)CO. The minimum absolute atomic E-state index is 0.0843. The normalized spacial score (nSPS) is 14.6. The molecule has 0 radical (unpaired) electrons. The van der Waals surface area contributed by atoms with Gasteiger partial charge in [-0.05, 0) is 76.7 Å². The maximum atomic E-state index is 12.6. The molecule has 330 valence electrons. The highest BCUT2D eigenvalue weighted by atomic mass is 31.2. The third-order valence-corrected chi connectivity index (χ3v) is 9.45. The van der Waals surface area contributed by atoms with Gasteiger partial charge in [-0.15, -0.1) is 0 Å². The molecule has 0 aliphatic rings. The van der Waals surface area contributed by atoms with E-state index >= 15 is 0 Å². The number of hydrogen-bond donors (Lipinski definition) is 3. The second-order valence-electron chi connectivity index (χ2n) is 14.0. The Morgan fingerprint density at radius 3 is 1.67 bits per heavy atom. The monoisotopic (exact) mass is 835 g/mol. The first-order valence-corrected chi connectivity index (χ1v) is 23.0. The molecule has 12 heteroatoms. The maximum absolute atomic E-state index is 12.6. The molecule has 3 atom stereocenters. The molecule has 0 heterocycles. The summed E-state index contributed by atoms with van der Waals surface area (Å²) in [5, 5.41) is 18.3. The Bertz CT molecular complexity index is 1300. The summed E-state index contributed by atoms with van der Waals surface area (Å²) in [5.41, 5.74) is 0. The van der Waals surface area contributed by atoms with Crippen molar-refractivity contribution >= 4 is 25.5 Å². The summed E-state index contributed by atoms with van der Waals surface area (Å²) in [5.74, 6) is -0.939. The van der Waals surface area contributed by atoms with Gasteiger partial charge in [-0.25, -0.2) is 4.57 Å². The van der Waals surface area contributed by atoms with Crippen LogP contribution in [0.5, 0.6) is 0 Å². The largest absolute Gasteiger partial charge is 0.472 e. The molecule has 3 N–H and O–H groups in total. The van der Waals surface area contributed by atoms with E-state index in [0.29, 0.717) is 32.1 Å². The van der Waals surface area contributed by atoms with Crippen molar-refractivity contribution in [1.82, 2.24) is 0 Å². The van der Waals surface area contributed by atoms with E-state index in [1.54, 1.807) is 12.2 Å². The van der Waals surface area contributed by atoms with Crippen molar-refractivity contribution in [2.75, 3.05) is 26.4 Å². The van der Waals surface area contributed by atoms with Crippen molar-refractivity contribution in [3.63, 3.8) is 0 Å². The second kappa shape index (κ2) is 40.6. The summed E-state index contributed by atoms with van der Waals surface area (Å²) in [7, 11) is -4.66. The van der Waals surface area contributed by atoms with Gasteiger partial charge < -0.3 is 24.6 Å². The number of ether oxygens (including phenoxy) is 2. The number of rotatable bonds is 39. The molecular weight excluding hydrogens is 759 g/mol. The molecule has 0 rings (SSSR count). The molecule has 0 bridgehead atoms. The molecular formula is C46H75O11P. The fraction of sp³-hybridized carbons (Fsp3) is 0.630. The topological polar surface area (TPSA) is 166 Å².